The Morgan fingerprint density at radius 2 is 1.73 bits per heavy atom. The van der Waals surface area contributed by atoms with E-state index in [1.165, 1.54) is 0 Å². The minimum Gasteiger partial charge on any atom is -0.438 e. The van der Waals surface area contributed by atoms with Crippen molar-refractivity contribution in [3.63, 3.8) is 0 Å². The zero-order chi connectivity index (χ0) is 21.0. The summed E-state index contributed by atoms with van der Waals surface area (Å²) >= 11 is 0. The van der Waals surface area contributed by atoms with Crippen LogP contribution in [0.4, 0.5) is 5.69 Å². The molecule has 0 aliphatic heterocycles. The lowest BCUT2D eigenvalue weighted by atomic mass is 10.2. The number of hydrogen-bond donors (Lipinski definition) is 1. The Labute approximate surface area is 174 Å². The Bertz CT molecular complexity index is 1210. The molecule has 1 N–H and O–H groups in total. The molecule has 0 bridgehead atoms. The van der Waals surface area contributed by atoms with Crippen molar-refractivity contribution in [1.29, 1.82) is 0 Å². The van der Waals surface area contributed by atoms with Crippen LogP contribution in [0.25, 0.3) is 5.82 Å². The van der Waals surface area contributed by atoms with Crippen molar-refractivity contribution in [2.75, 3.05) is 4.72 Å². The van der Waals surface area contributed by atoms with E-state index in [1.54, 1.807) is 59.7 Å². The average molecular weight is 421 g/mol. The summed E-state index contributed by atoms with van der Waals surface area (Å²) in [5, 5.41) is 8.12. The van der Waals surface area contributed by atoms with E-state index in [0.717, 1.165) is 11.1 Å². The largest absolute Gasteiger partial charge is 0.438 e. The predicted octanol–water partition coefficient (Wildman–Crippen LogP) is 3.70. The molecule has 2 aromatic heterocycles. The molecule has 9 heteroatoms. The first-order valence-corrected chi connectivity index (χ1v) is 10.8. The minimum atomic E-state index is -3.52. The lowest BCUT2D eigenvalue weighted by molar-refractivity contribution is 0.454. The highest BCUT2D eigenvalue weighted by atomic mass is 32.2. The molecule has 152 valence electrons. The van der Waals surface area contributed by atoms with E-state index in [9.17, 15) is 8.42 Å². The fourth-order valence-corrected chi connectivity index (χ4v) is 3.93. The predicted molar refractivity (Wildman–Crippen MR) is 113 cm³/mol. The van der Waals surface area contributed by atoms with Gasteiger partial charge < -0.3 is 4.74 Å². The number of aromatic nitrogens is 4. The zero-order valence-corrected chi connectivity index (χ0v) is 17.0. The summed E-state index contributed by atoms with van der Waals surface area (Å²) in [6.07, 6.45) is 5.05. The Morgan fingerprint density at radius 1 is 0.967 bits per heavy atom. The zero-order valence-electron chi connectivity index (χ0n) is 16.1. The molecule has 2 heterocycles. The van der Waals surface area contributed by atoms with Gasteiger partial charge in [0.05, 0.1) is 5.75 Å². The van der Waals surface area contributed by atoms with Gasteiger partial charge in [0.2, 0.25) is 15.9 Å². The summed E-state index contributed by atoms with van der Waals surface area (Å²) in [5.74, 6) is 1.37. The van der Waals surface area contributed by atoms with Gasteiger partial charge in [-0.25, -0.2) is 13.4 Å². The number of ether oxygens (including phenoxy) is 1. The van der Waals surface area contributed by atoms with Crippen LogP contribution in [-0.2, 0) is 15.8 Å². The highest BCUT2D eigenvalue weighted by Gasteiger charge is 2.12. The summed E-state index contributed by atoms with van der Waals surface area (Å²) in [6, 6.07) is 17.5. The Hall–Kier alpha value is -3.72. The quantitative estimate of drug-likeness (QED) is 0.488. The summed E-state index contributed by atoms with van der Waals surface area (Å²) < 4.78 is 34.8. The molecule has 0 saturated carbocycles. The summed E-state index contributed by atoms with van der Waals surface area (Å²) in [7, 11) is -3.52. The molecular formula is C21H19N5O3S. The van der Waals surface area contributed by atoms with E-state index < -0.39 is 10.0 Å². The van der Waals surface area contributed by atoms with E-state index in [4.69, 9.17) is 4.74 Å². The molecule has 0 radical (unpaired) electrons. The van der Waals surface area contributed by atoms with Crippen LogP contribution in [0.5, 0.6) is 11.6 Å². The number of hydrogen-bond acceptors (Lipinski definition) is 6. The van der Waals surface area contributed by atoms with Crippen molar-refractivity contribution < 1.29 is 13.2 Å². The third kappa shape index (κ3) is 5.00. The number of rotatable bonds is 7. The van der Waals surface area contributed by atoms with Gasteiger partial charge in [-0.15, -0.1) is 10.2 Å². The van der Waals surface area contributed by atoms with E-state index >= 15 is 0 Å². The molecule has 4 aromatic rings. The number of sulfonamides is 1. The number of nitrogens with zero attached hydrogens (tertiary/aromatic N) is 4. The second-order valence-corrected chi connectivity index (χ2v) is 8.40. The maximum atomic E-state index is 12.4. The van der Waals surface area contributed by atoms with Crippen LogP contribution in [0.3, 0.4) is 0 Å². The molecule has 0 spiro atoms. The van der Waals surface area contributed by atoms with Gasteiger partial charge in [0.25, 0.3) is 0 Å². The smallest absolute Gasteiger partial charge is 0.238 e. The number of imidazole rings is 1. The van der Waals surface area contributed by atoms with Crippen LogP contribution >= 0.6 is 0 Å². The van der Waals surface area contributed by atoms with Gasteiger partial charge in [0.1, 0.15) is 12.1 Å². The summed E-state index contributed by atoms with van der Waals surface area (Å²) in [6.45, 7) is 1.96. The highest BCUT2D eigenvalue weighted by Crippen LogP contribution is 2.22. The van der Waals surface area contributed by atoms with E-state index in [-0.39, 0.29) is 5.75 Å². The number of aryl methyl sites for hydroxylation is 1. The molecule has 2 aromatic carbocycles. The van der Waals surface area contributed by atoms with Crippen molar-refractivity contribution in [3.05, 3.63) is 90.5 Å². The van der Waals surface area contributed by atoms with Crippen LogP contribution in [-0.4, -0.2) is 28.2 Å². The van der Waals surface area contributed by atoms with E-state index in [0.29, 0.717) is 23.1 Å². The molecule has 30 heavy (non-hydrogen) atoms. The maximum Gasteiger partial charge on any atom is 0.238 e. The Balaban J connectivity index is 1.38. The molecule has 0 aliphatic rings. The molecule has 0 aliphatic carbocycles. The molecule has 0 amide bonds. The minimum absolute atomic E-state index is 0.0929. The standard InChI is InChI=1S/C21H19N5O3S/c1-16-2-4-17(5-3-16)14-30(27,28)25-18-6-8-19(9-7-18)29-21-11-10-20(23-24-21)26-13-12-22-15-26/h2-13,15,25H,14H2,1H3. The van der Waals surface area contributed by atoms with Crippen LogP contribution < -0.4 is 9.46 Å². The second-order valence-electron chi connectivity index (χ2n) is 6.67. The second kappa shape index (κ2) is 8.34. The van der Waals surface area contributed by atoms with Crippen LogP contribution in [0.2, 0.25) is 0 Å². The Morgan fingerprint density at radius 3 is 2.37 bits per heavy atom. The van der Waals surface area contributed by atoms with Gasteiger partial charge in [-0.3, -0.25) is 9.29 Å². The van der Waals surface area contributed by atoms with Crippen LogP contribution in [0, 0.1) is 6.92 Å². The topological polar surface area (TPSA) is 99.0 Å². The first-order valence-electron chi connectivity index (χ1n) is 9.13. The van der Waals surface area contributed by atoms with Gasteiger partial charge in [-0.05, 0) is 42.8 Å². The average Bonchev–Trinajstić information content (AvgIpc) is 3.26. The van der Waals surface area contributed by atoms with Gasteiger partial charge in [0.15, 0.2) is 5.82 Å². The molecule has 8 nitrogen and oxygen atoms in total. The molecule has 0 atom stereocenters. The van der Waals surface area contributed by atoms with Crippen molar-refractivity contribution in [2.45, 2.75) is 12.7 Å². The van der Waals surface area contributed by atoms with Crippen LogP contribution in [0.1, 0.15) is 11.1 Å². The van der Waals surface area contributed by atoms with Gasteiger partial charge in [-0.2, -0.15) is 0 Å². The maximum absolute atomic E-state index is 12.4. The van der Waals surface area contributed by atoms with Crippen molar-refractivity contribution in [3.8, 4) is 17.4 Å². The van der Waals surface area contributed by atoms with Gasteiger partial charge in [0, 0.05) is 24.1 Å². The SMILES string of the molecule is Cc1ccc(CS(=O)(=O)Nc2ccc(Oc3ccc(-n4ccnc4)nn3)cc2)cc1. The monoisotopic (exact) mass is 421 g/mol. The van der Waals surface area contributed by atoms with Gasteiger partial charge >= 0.3 is 0 Å². The van der Waals surface area contributed by atoms with Crippen LogP contribution in [0.15, 0.2) is 79.4 Å². The van der Waals surface area contributed by atoms with Crippen molar-refractivity contribution >= 4 is 15.7 Å². The lowest BCUT2D eigenvalue weighted by Crippen LogP contribution is -2.15. The third-order valence-electron chi connectivity index (χ3n) is 4.22. The molecule has 4 rings (SSSR count). The van der Waals surface area contributed by atoms with Crippen molar-refractivity contribution in [2.24, 2.45) is 0 Å². The molecule has 0 fully saturated rings. The summed E-state index contributed by atoms with van der Waals surface area (Å²) in [4.78, 5) is 3.96. The number of benzene rings is 2. The molecular weight excluding hydrogens is 402 g/mol. The number of nitrogens with one attached hydrogen (secondary N) is 1. The highest BCUT2D eigenvalue weighted by molar-refractivity contribution is 7.91. The first-order chi connectivity index (χ1) is 14.5. The van der Waals surface area contributed by atoms with E-state index in [2.05, 4.69) is 19.9 Å². The summed E-state index contributed by atoms with van der Waals surface area (Å²) in [5.41, 5.74) is 2.27. The van der Waals surface area contributed by atoms with Crippen molar-refractivity contribution in [1.82, 2.24) is 19.7 Å². The molecule has 0 saturated heterocycles. The number of anilines is 1. The fourth-order valence-electron chi connectivity index (χ4n) is 2.73. The molecule has 0 unspecified atom stereocenters. The van der Waals surface area contributed by atoms with Gasteiger partial charge in [-0.1, -0.05) is 29.8 Å². The lowest BCUT2D eigenvalue weighted by Gasteiger charge is -2.10. The third-order valence-corrected chi connectivity index (χ3v) is 5.48. The fraction of sp³-hybridized carbons (Fsp3) is 0.0952. The van der Waals surface area contributed by atoms with E-state index in [1.807, 2.05) is 31.2 Å². The Kier molecular flexibility index (Phi) is 5.44. The normalized spacial score (nSPS) is 11.2. The first kappa shape index (κ1) is 19.6.